The maximum atomic E-state index is 5.56. The highest BCUT2D eigenvalue weighted by atomic mass is 16.5. The van der Waals surface area contributed by atoms with Crippen LogP contribution in [0.5, 0.6) is 11.5 Å². The number of rotatable bonds is 6. The van der Waals surface area contributed by atoms with Gasteiger partial charge in [0.25, 0.3) is 0 Å². The predicted octanol–water partition coefficient (Wildman–Crippen LogP) is 4.32. The van der Waals surface area contributed by atoms with Crippen LogP contribution in [-0.2, 0) is 0 Å². The highest BCUT2D eigenvalue weighted by Crippen LogP contribution is 2.39. The lowest BCUT2D eigenvalue weighted by molar-refractivity contribution is 0.336. The topological polar surface area (TPSA) is 30.5 Å². The summed E-state index contributed by atoms with van der Waals surface area (Å²) in [6.45, 7) is 0. The van der Waals surface area contributed by atoms with Crippen LogP contribution in [-0.4, -0.2) is 21.3 Å². The molecule has 0 aliphatic heterocycles. The third-order valence-electron chi connectivity index (χ3n) is 4.71. The molecule has 1 aliphatic carbocycles. The molecule has 0 saturated heterocycles. The van der Waals surface area contributed by atoms with Crippen molar-refractivity contribution in [2.45, 2.75) is 51.0 Å². The van der Waals surface area contributed by atoms with Crippen LogP contribution in [0.25, 0.3) is 0 Å². The van der Waals surface area contributed by atoms with Crippen molar-refractivity contribution in [3.05, 3.63) is 23.8 Å². The van der Waals surface area contributed by atoms with Crippen molar-refractivity contribution in [1.82, 2.24) is 5.32 Å². The fraction of sp³-hybridized carbons (Fsp3) is 0.667. The first-order chi connectivity index (χ1) is 10.3. The van der Waals surface area contributed by atoms with E-state index >= 15 is 0 Å². The number of benzene rings is 1. The van der Waals surface area contributed by atoms with E-state index in [4.69, 9.17) is 9.47 Å². The lowest BCUT2D eigenvalue weighted by Gasteiger charge is -2.25. The zero-order chi connectivity index (χ0) is 15.1. The van der Waals surface area contributed by atoms with Crippen LogP contribution in [0, 0.1) is 5.92 Å². The second kappa shape index (κ2) is 8.28. The fourth-order valence-corrected chi connectivity index (χ4v) is 3.54. The van der Waals surface area contributed by atoms with Gasteiger partial charge in [0, 0.05) is 6.04 Å². The highest BCUT2D eigenvalue weighted by molar-refractivity contribution is 5.47. The molecule has 0 spiro atoms. The highest BCUT2D eigenvalue weighted by Gasteiger charge is 2.23. The second-order valence-electron chi connectivity index (χ2n) is 6.01. The van der Waals surface area contributed by atoms with E-state index in [0.29, 0.717) is 6.04 Å². The maximum absolute atomic E-state index is 5.56. The van der Waals surface area contributed by atoms with Crippen LogP contribution in [0.15, 0.2) is 18.2 Å². The van der Waals surface area contributed by atoms with Gasteiger partial charge in [-0.3, -0.25) is 0 Å². The minimum Gasteiger partial charge on any atom is -0.496 e. The molecular formula is C18H29NO2. The van der Waals surface area contributed by atoms with Gasteiger partial charge < -0.3 is 14.8 Å². The molecule has 0 bridgehead atoms. The molecule has 1 aliphatic rings. The molecule has 2 rings (SSSR count). The number of hydrogen-bond donors (Lipinski definition) is 1. The normalized spacial score (nSPS) is 18.0. The molecule has 0 radical (unpaired) electrons. The van der Waals surface area contributed by atoms with Gasteiger partial charge in [0.15, 0.2) is 0 Å². The van der Waals surface area contributed by atoms with Gasteiger partial charge in [0.2, 0.25) is 0 Å². The van der Waals surface area contributed by atoms with Crippen molar-refractivity contribution in [1.29, 1.82) is 0 Å². The molecule has 0 heterocycles. The van der Waals surface area contributed by atoms with Gasteiger partial charge in [-0.15, -0.1) is 0 Å². The van der Waals surface area contributed by atoms with E-state index in [1.165, 1.54) is 38.5 Å². The zero-order valence-electron chi connectivity index (χ0n) is 13.7. The molecule has 3 heteroatoms. The maximum Gasteiger partial charge on any atom is 0.127 e. The van der Waals surface area contributed by atoms with Crippen molar-refractivity contribution in [3.8, 4) is 11.5 Å². The number of ether oxygens (including phenoxy) is 2. The SMILES string of the molecule is CNC(CC1CCCCCC1)c1c(OC)cccc1OC. The quantitative estimate of drug-likeness (QED) is 0.792. The predicted molar refractivity (Wildman–Crippen MR) is 87.2 cm³/mol. The van der Waals surface area contributed by atoms with Gasteiger partial charge in [-0.25, -0.2) is 0 Å². The van der Waals surface area contributed by atoms with Gasteiger partial charge in [-0.1, -0.05) is 44.6 Å². The Morgan fingerprint density at radius 1 is 1.05 bits per heavy atom. The van der Waals surface area contributed by atoms with Crippen LogP contribution >= 0.6 is 0 Å². The third-order valence-corrected chi connectivity index (χ3v) is 4.71. The summed E-state index contributed by atoms with van der Waals surface area (Å²) in [5.74, 6) is 2.64. The van der Waals surface area contributed by atoms with E-state index in [2.05, 4.69) is 5.32 Å². The molecule has 0 amide bonds. The van der Waals surface area contributed by atoms with Crippen LogP contribution in [0.3, 0.4) is 0 Å². The molecule has 0 aromatic heterocycles. The molecule has 1 N–H and O–H groups in total. The van der Waals surface area contributed by atoms with E-state index in [1.54, 1.807) is 14.2 Å². The van der Waals surface area contributed by atoms with Gasteiger partial charge in [0.05, 0.1) is 19.8 Å². The molecule has 1 aromatic rings. The Hall–Kier alpha value is -1.22. The average molecular weight is 291 g/mol. The van der Waals surface area contributed by atoms with E-state index < -0.39 is 0 Å². The summed E-state index contributed by atoms with van der Waals surface area (Å²) in [5, 5.41) is 3.48. The fourth-order valence-electron chi connectivity index (χ4n) is 3.54. The number of nitrogens with one attached hydrogen (secondary N) is 1. The van der Waals surface area contributed by atoms with E-state index in [0.717, 1.165) is 29.4 Å². The first-order valence-corrected chi connectivity index (χ1v) is 8.18. The minimum atomic E-state index is 0.291. The van der Waals surface area contributed by atoms with Gasteiger partial charge in [-0.2, -0.15) is 0 Å². The van der Waals surface area contributed by atoms with Crippen LogP contribution in [0.1, 0.15) is 56.6 Å². The summed E-state index contributed by atoms with van der Waals surface area (Å²) in [6.07, 6.45) is 9.43. The molecule has 1 atom stereocenters. The van der Waals surface area contributed by atoms with Crippen molar-refractivity contribution < 1.29 is 9.47 Å². The van der Waals surface area contributed by atoms with Gasteiger partial charge in [-0.05, 0) is 31.5 Å². The zero-order valence-corrected chi connectivity index (χ0v) is 13.7. The smallest absolute Gasteiger partial charge is 0.127 e. The first-order valence-electron chi connectivity index (χ1n) is 8.18. The molecule has 118 valence electrons. The minimum absolute atomic E-state index is 0.291. The summed E-state index contributed by atoms with van der Waals surface area (Å²) < 4.78 is 11.1. The molecule has 1 saturated carbocycles. The lowest BCUT2D eigenvalue weighted by Crippen LogP contribution is -2.21. The lowest BCUT2D eigenvalue weighted by atomic mass is 9.89. The van der Waals surface area contributed by atoms with Crippen LogP contribution < -0.4 is 14.8 Å². The third kappa shape index (κ3) is 4.13. The van der Waals surface area contributed by atoms with Crippen molar-refractivity contribution in [2.24, 2.45) is 5.92 Å². The standard InChI is InChI=1S/C18H29NO2/c1-19-15(13-14-9-6-4-5-7-10-14)18-16(20-2)11-8-12-17(18)21-3/h8,11-12,14-15,19H,4-7,9-10,13H2,1-3H3. The van der Waals surface area contributed by atoms with Crippen LogP contribution in [0.4, 0.5) is 0 Å². The molecular weight excluding hydrogens is 262 g/mol. The van der Waals surface area contributed by atoms with E-state index in [1.807, 2.05) is 25.2 Å². The van der Waals surface area contributed by atoms with E-state index in [9.17, 15) is 0 Å². The van der Waals surface area contributed by atoms with Crippen molar-refractivity contribution >= 4 is 0 Å². The molecule has 3 nitrogen and oxygen atoms in total. The van der Waals surface area contributed by atoms with Gasteiger partial charge >= 0.3 is 0 Å². The first kappa shape index (κ1) is 16.2. The largest absolute Gasteiger partial charge is 0.496 e. The Kier molecular flexibility index (Phi) is 6.37. The summed E-state index contributed by atoms with van der Waals surface area (Å²) in [6, 6.07) is 6.32. The second-order valence-corrected chi connectivity index (χ2v) is 6.01. The van der Waals surface area contributed by atoms with Crippen molar-refractivity contribution in [3.63, 3.8) is 0 Å². The van der Waals surface area contributed by atoms with Crippen LogP contribution in [0.2, 0.25) is 0 Å². The Morgan fingerprint density at radius 2 is 1.62 bits per heavy atom. The number of hydrogen-bond acceptors (Lipinski definition) is 3. The van der Waals surface area contributed by atoms with Gasteiger partial charge in [0.1, 0.15) is 11.5 Å². The molecule has 21 heavy (non-hydrogen) atoms. The summed E-state index contributed by atoms with van der Waals surface area (Å²) in [5.41, 5.74) is 1.16. The monoisotopic (exact) mass is 291 g/mol. The Balaban J connectivity index is 2.19. The Bertz CT molecular complexity index is 403. The Labute approximate surface area is 129 Å². The Morgan fingerprint density at radius 3 is 2.10 bits per heavy atom. The van der Waals surface area contributed by atoms with Crippen molar-refractivity contribution in [2.75, 3.05) is 21.3 Å². The number of methoxy groups -OCH3 is 2. The summed E-state index contributed by atoms with van der Waals surface area (Å²) >= 11 is 0. The molecule has 1 unspecified atom stereocenters. The average Bonchev–Trinajstić information content (AvgIpc) is 2.80. The van der Waals surface area contributed by atoms with E-state index in [-0.39, 0.29) is 0 Å². The molecule has 1 aromatic carbocycles. The molecule has 1 fully saturated rings. The summed E-state index contributed by atoms with van der Waals surface area (Å²) in [7, 11) is 5.50. The summed E-state index contributed by atoms with van der Waals surface area (Å²) in [4.78, 5) is 0.